The van der Waals surface area contributed by atoms with Gasteiger partial charge in [-0.3, -0.25) is 9.59 Å². The van der Waals surface area contributed by atoms with E-state index in [2.05, 4.69) is 0 Å². The third-order valence-corrected chi connectivity index (χ3v) is 4.23. The number of nitrogens with two attached hydrogens (primary N) is 1. The topological polar surface area (TPSA) is 92.9 Å². The second-order valence-corrected chi connectivity index (χ2v) is 6.04. The summed E-state index contributed by atoms with van der Waals surface area (Å²) in [7, 11) is 0. The van der Waals surface area contributed by atoms with E-state index in [9.17, 15) is 9.59 Å². The predicted molar refractivity (Wildman–Crippen MR) is 92.4 cm³/mol. The Bertz CT molecular complexity index is 776. The summed E-state index contributed by atoms with van der Waals surface area (Å²) < 4.78 is 5.79. The molecular weight excluding hydrogens is 320 g/mol. The van der Waals surface area contributed by atoms with Crippen molar-refractivity contribution in [3.63, 3.8) is 0 Å². The fourth-order valence-corrected chi connectivity index (χ4v) is 2.83. The minimum absolute atomic E-state index is 0.0138. The number of carbonyl (C=O) groups excluding carboxylic acids is 1. The molecule has 0 saturated carbocycles. The lowest BCUT2D eigenvalue weighted by Gasteiger charge is -2.29. The fourth-order valence-electron chi connectivity index (χ4n) is 2.83. The smallest absolute Gasteiger partial charge is 0.322 e. The van der Waals surface area contributed by atoms with Crippen molar-refractivity contribution in [2.24, 2.45) is 5.73 Å². The van der Waals surface area contributed by atoms with Crippen LogP contribution < -0.4 is 10.5 Å². The molecular formula is C19H20N2O4. The van der Waals surface area contributed by atoms with Crippen molar-refractivity contribution in [3.05, 3.63) is 65.2 Å². The van der Waals surface area contributed by atoms with Crippen LogP contribution in [0.5, 0.6) is 5.75 Å². The highest BCUT2D eigenvalue weighted by atomic mass is 16.5. The Morgan fingerprint density at radius 1 is 1.24 bits per heavy atom. The molecule has 2 aromatic rings. The van der Waals surface area contributed by atoms with Gasteiger partial charge in [0.25, 0.3) is 5.91 Å². The van der Waals surface area contributed by atoms with Gasteiger partial charge < -0.3 is 20.5 Å². The van der Waals surface area contributed by atoms with Crippen LogP contribution in [0.2, 0.25) is 0 Å². The van der Waals surface area contributed by atoms with Crippen molar-refractivity contribution in [2.45, 2.75) is 19.1 Å². The second kappa shape index (κ2) is 7.36. The molecule has 3 rings (SSSR count). The van der Waals surface area contributed by atoms with Crippen molar-refractivity contribution in [2.75, 3.05) is 13.1 Å². The fraction of sp³-hybridized carbons (Fsp3) is 0.263. The van der Waals surface area contributed by atoms with Gasteiger partial charge in [-0.2, -0.15) is 0 Å². The molecule has 1 aliphatic rings. The van der Waals surface area contributed by atoms with Crippen LogP contribution in [-0.4, -0.2) is 41.0 Å². The molecule has 0 aromatic heterocycles. The summed E-state index contributed by atoms with van der Waals surface area (Å²) in [6, 6.07) is 14.2. The maximum Gasteiger partial charge on any atom is 0.322 e. The molecule has 1 amide bonds. The number of nitrogens with zero attached hydrogens (tertiary/aromatic N) is 1. The molecule has 0 fully saturated rings. The molecule has 0 saturated heterocycles. The molecule has 6 nitrogen and oxygen atoms in total. The highest BCUT2D eigenvalue weighted by molar-refractivity contribution is 5.97. The van der Waals surface area contributed by atoms with E-state index in [1.165, 1.54) is 4.90 Å². The molecule has 0 spiro atoms. The van der Waals surface area contributed by atoms with Gasteiger partial charge in [-0.1, -0.05) is 30.3 Å². The van der Waals surface area contributed by atoms with E-state index in [4.69, 9.17) is 15.6 Å². The van der Waals surface area contributed by atoms with Crippen molar-refractivity contribution in [3.8, 4) is 5.75 Å². The minimum atomic E-state index is -1.11. The van der Waals surface area contributed by atoms with Crippen LogP contribution in [0.3, 0.4) is 0 Å². The van der Waals surface area contributed by atoms with Gasteiger partial charge in [0.15, 0.2) is 0 Å². The lowest BCUT2D eigenvalue weighted by atomic mass is 9.98. The molecule has 1 unspecified atom stereocenters. The summed E-state index contributed by atoms with van der Waals surface area (Å²) in [5, 5.41) is 8.90. The summed E-state index contributed by atoms with van der Waals surface area (Å²) in [6.07, 6.45) is 0.649. The van der Waals surface area contributed by atoms with Crippen LogP contribution in [0.4, 0.5) is 0 Å². The lowest BCUT2D eigenvalue weighted by Crippen LogP contribution is -2.47. The molecule has 3 N–H and O–H groups in total. The highest BCUT2D eigenvalue weighted by Gasteiger charge is 2.27. The zero-order valence-corrected chi connectivity index (χ0v) is 13.7. The van der Waals surface area contributed by atoms with Gasteiger partial charge in [0, 0.05) is 18.7 Å². The normalized spacial score (nSPS) is 14.8. The van der Waals surface area contributed by atoms with Gasteiger partial charge >= 0.3 is 5.97 Å². The predicted octanol–water partition coefficient (Wildman–Crippen LogP) is 1.68. The Balaban J connectivity index is 1.68. The maximum absolute atomic E-state index is 12.5. The molecule has 1 heterocycles. The second-order valence-electron chi connectivity index (χ2n) is 6.04. The first-order valence-electron chi connectivity index (χ1n) is 8.12. The van der Waals surface area contributed by atoms with Crippen molar-refractivity contribution < 1.29 is 19.4 Å². The zero-order valence-electron chi connectivity index (χ0n) is 13.7. The number of amides is 1. The van der Waals surface area contributed by atoms with E-state index in [1.807, 2.05) is 36.4 Å². The molecule has 0 radical (unpaired) electrons. The first kappa shape index (κ1) is 17.0. The number of ether oxygens (including phenoxy) is 1. The average molecular weight is 340 g/mol. The van der Waals surface area contributed by atoms with Crippen LogP contribution in [0, 0.1) is 0 Å². The number of hydrogen-bond acceptors (Lipinski definition) is 4. The van der Waals surface area contributed by atoms with Crippen molar-refractivity contribution >= 4 is 11.9 Å². The van der Waals surface area contributed by atoms with E-state index < -0.39 is 12.0 Å². The molecule has 130 valence electrons. The van der Waals surface area contributed by atoms with E-state index in [0.29, 0.717) is 30.9 Å². The number of fused-ring (bicyclic) bond motifs is 1. The quantitative estimate of drug-likeness (QED) is 0.834. The maximum atomic E-state index is 12.5. The Morgan fingerprint density at radius 3 is 2.72 bits per heavy atom. The monoisotopic (exact) mass is 340 g/mol. The van der Waals surface area contributed by atoms with Gasteiger partial charge in [0.2, 0.25) is 0 Å². The molecule has 6 heteroatoms. The summed E-state index contributed by atoms with van der Waals surface area (Å²) in [4.78, 5) is 24.9. The lowest BCUT2D eigenvalue weighted by molar-refractivity contribution is -0.138. The number of carboxylic acids is 1. The van der Waals surface area contributed by atoms with Crippen LogP contribution in [0.25, 0.3) is 0 Å². The standard InChI is InChI=1S/C19H20N2O4/c20-17(19(23)24)11-21-9-8-14-10-15(6-7-16(14)18(21)22)25-12-13-4-2-1-3-5-13/h1-7,10,17H,8-9,11-12,20H2,(H,23,24). The average Bonchev–Trinajstić information content (AvgIpc) is 2.63. The minimum Gasteiger partial charge on any atom is -0.489 e. The zero-order chi connectivity index (χ0) is 17.8. The van der Waals surface area contributed by atoms with E-state index in [-0.39, 0.29) is 12.5 Å². The van der Waals surface area contributed by atoms with Gasteiger partial charge in [-0.05, 0) is 35.7 Å². The Labute approximate surface area is 145 Å². The molecule has 25 heavy (non-hydrogen) atoms. The van der Waals surface area contributed by atoms with Crippen LogP contribution in [0.15, 0.2) is 48.5 Å². The van der Waals surface area contributed by atoms with Crippen LogP contribution in [-0.2, 0) is 17.8 Å². The Morgan fingerprint density at radius 2 is 2.00 bits per heavy atom. The van der Waals surface area contributed by atoms with Crippen molar-refractivity contribution in [1.29, 1.82) is 0 Å². The summed E-state index contributed by atoms with van der Waals surface area (Å²) in [6.45, 7) is 0.933. The van der Waals surface area contributed by atoms with Crippen LogP contribution in [0.1, 0.15) is 21.5 Å². The third kappa shape index (κ3) is 3.97. The van der Waals surface area contributed by atoms with Crippen LogP contribution >= 0.6 is 0 Å². The number of benzene rings is 2. The summed E-state index contributed by atoms with van der Waals surface area (Å²) in [5.41, 5.74) is 8.10. The number of rotatable bonds is 6. The summed E-state index contributed by atoms with van der Waals surface area (Å²) in [5.74, 6) is -0.582. The first-order valence-corrected chi connectivity index (χ1v) is 8.12. The van der Waals surface area contributed by atoms with Gasteiger partial charge in [0.1, 0.15) is 18.4 Å². The third-order valence-electron chi connectivity index (χ3n) is 4.23. The number of hydrogen-bond donors (Lipinski definition) is 2. The SMILES string of the molecule is NC(CN1CCc2cc(OCc3ccccc3)ccc2C1=O)C(=O)O. The Hall–Kier alpha value is -2.86. The molecule has 0 aliphatic carbocycles. The molecule has 1 atom stereocenters. The summed E-state index contributed by atoms with van der Waals surface area (Å²) >= 11 is 0. The molecule has 1 aliphatic heterocycles. The van der Waals surface area contributed by atoms with Crippen molar-refractivity contribution in [1.82, 2.24) is 4.90 Å². The van der Waals surface area contributed by atoms with Gasteiger partial charge in [0.05, 0.1) is 0 Å². The Kier molecular flexibility index (Phi) is 5.00. The highest BCUT2D eigenvalue weighted by Crippen LogP contribution is 2.24. The van der Waals surface area contributed by atoms with E-state index in [1.54, 1.807) is 12.1 Å². The number of carbonyl (C=O) groups is 2. The van der Waals surface area contributed by atoms with E-state index in [0.717, 1.165) is 11.1 Å². The molecule has 2 aromatic carbocycles. The number of carboxylic acid groups (broad SMARTS) is 1. The number of aliphatic carboxylic acids is 1. The largest absolute Gasteiger partial charge is 0.489 e. The molecule has 0 bridgehead atoms. The van der Waals surface area contributed by atoms with Gasteiger partial charge in [-0.15, -0.1) is 0 Å². The van der Waals surface area contributed by atoms with E-state index >= 15 is 0 Å². The first-order chi connectivity index (χ1) is 12.0. The van der Waals surface area contributed by atoms with Gasteiger partial charge in [-0.25, -0.2) is 0 Å².